The Morgan fingerprint density at radius 3 is 2.48 bits per heavy atom. The van der Waals surface area contributed by atoms with E-state index in [-0.39, 0.29) is 11.6 Å². The molecule has 0 unspecified atom stereocenters. The van der Waals surface area contributed by atoms with Crippen molar-refractivity contribution in [2.24, 2.45) is 17.1 Å². The van der Waals surface area contributed by atoms with E-state index in [0.29, 0.717) is 5.57 Å². The molecule has 0 radical (unpaired) electrons. The minimum atomic E-state index is -1.55. The van der Waals surface area contributed by atoms with E-state index >= 15 is 0 Å². The Morgan fingerprint density at radius 2 is 1.74 bits per heavy atom. The molecule has 0 aromatic heterocycles. The predicted octanol–water partition coefficient (Wildman–Crippen LogP) is 4.43. The van der Waals surface area contributed by atoms with Gasteiger partial charge in [0.05, 0.1) is 23.4 Å². The van der Waals surface area contributed by atoms with E-state index in [1.807, 2.05) is 42.5 Å². The van der Waals surface area contributed by atoms with Gasteiger partial charge in [-0.2, -0.15) is 15.8 Å². The monoisotopic (exact) mass is 350 g/mol. The molecular formula is C23H18N4. The van der Waals surface area contributed by atoms with E-state index in [1.165, 1.54) is 0 Å². The summed E-state index contributed by atoms with van der Waals surface area (Å²) in [4.78, 5) is 0. The number of nitrogens with zero attached hydrogens (tertiary/aromatic N) is 3. The van der Waals surface area contributed by atoms with Gasteiger partial charge in [0.2, 0.25) is 0 Å². The Labute approximate surface area is 158 Å². The Balaban J connectivity index is 2.09. The van der Waals surface area contributed by atoms with E-state index < -0.39 is 11.3 Å². The van der Waals surface area contributed by atoms with Crippen LogP contribution in [0.15, 0.2) is 65.4 Å². The van der Waals surface area contributed by atoms with Crippen molar-refractivity contribution in [1.82, 2.24) is 0 Å². The number of fused-ring (bicyclic) bond motifs is 2. The fraction of sp³-hybridized carbons (Fsp3) is 0.261. The van der Waals surface area contributed by atoms with Gasteiger partial charge in [0.25, 0.3) is 0 Å². The van der Waals surface area contributed by atoms with Gasteiger partial charge in [-0.05, 0) is 47.1 Å². The molecule has 0 saturated carbocycles. The number of allylic oxidation sites excluding steroid dienone is 4. The maximum Gasteiger partial charge on any atom is 0.191 e. The summed E-state index contributed by atoms with van der Waals surface area (Å²) in [5, 5.41) is 32.0. The summed E-state index contributed by atoms with van der Waals surface area (Å²) < 4.78 is 0. The van der Waals surface area contributed by atoms with Crippen molar-refractivity contribution in [3.8, 4) is 18.2 Å². The zero-order valence-corrected chi connectivity index (χ0v) is 14.8. The Bertz CT molecular complexity index is 1100. The summed E-state index contributed by atoms with van der Waals surface area (Å²) in [6.07, 6.45) is 4.76. The highest BCUT2D eigenvalue weighted by Crippen LogP contribution is 2.56. The van der Waals surface area contributed by atoms with Crippen LogP contribution in [-0.2, 0) is 0 Å². The predicted molar refractivity (Wildman–Crippen MR) is 103 cm³/mol. The Morgan fingerprint density at radius 1 is 1.00 bits per heavy atom. The molecule has 4 rings (SSSR count). The van der Waals surface area contributed by atoms with Crippen LogP contribution in [0.3, 0.4) is 0 Å². The molecule has 27 heavy (non-hydrogen) atoms. The smallest absolute Gasteiger partial charge is 0.191 e. The third-order valence-corrected chi connectivity index (χ3v) is 5.96. The number of hydrogen-bond acceptors (Lipinski definition) is 4. The number of nitrogens with two attached hydrogens (primary N) is 1. The van der Waals surface area contributed by atoms with Crippen LogP contribution < -0.4 is 5.73 Å². The molecule has 2 aromatic rings. The van der Waals surface area contributed by atoms with Gasteiger partial charge in [-0.15, -0.1) is 0 Å². The fourth-order valence-electron chi connectivity index (χ4n) is 4.74. The minimum Gasteiger partial charge on any atom is -0.399 e. The standard InChI is InChI=1S/C23H18N4/c24-12-20-17-9-3-4-10-19(17)21(23(13-25,14-26)22(20)27)18-11-5-7-15-6-1-2-8-16(15)18/h1-2,5-9,11,19,21H,3-4,10,27H2/t19-,21+/m1/s1. The quantitative estimate of drug-likeness (QED) is 0.822. The van der Waals surface area contributed by atoms with Gasteiger partial charge in [0.15, 0.2) is 5.41 Å². The van der Waals surface area contributed by atoms with Crippen LogP contribution in [0.1, 0.15) is 30.7 Å². The molecule has 0 amide bonds. The second-order valence-corrected chi connectivity index (χ2v) is 7.18. The molecule has 0 heterocycles. The Hall–Kier alpha value is -3.55. The summed E-state index contributed by atoms with van der Waals surface area (Å²) in [6, 6.07) is 20.6. The molecule has 0 saturated heterocycles. The Kier molecular flexibility index (Phi) is 3.95. The number of benzene rings is 2. The van der Waals surface area contributed by atoms with E-state index in [4.69, 9.17) is 5.73 Å². The molecule has 2 N–H and O–H groups in total. The van der Waals surface area contributed by atoms with E-state index in [1.54, 1.807) is 0 Å². The van der Waals surface area contributed by atoms with Crippen LogP contribution in [0, 0.1) is 45.3 Å². The first-order valence-corrected chi connectivity index (χ1v) is 9.09. The van der Waals surface area contributed by atoms with Crippen LogP contribution in [0.25, 0.3) is 10.8 Å². The number of hydrogen-bond donors (Lipinski definition) is 1. The van der Waals surface area contributed by atoms with Crippen molar-refractivity contribution < 1.29 is 0 Å². The van der Waals surface area contributed by atoms with Gasteiger partial charge >= 0.3 is 0 Å². The fourth-order valence-corrected chi connectivity index (χ4v) is 4.74. The van der Waals surface area contributed by atoms with Crippen molar-refractivity contribution in [2.75, 3.05) is 0 Å². The topological polar surface area (TPSA) is 97.4 Å². The second kappa shape index (κ2) is 6.31. The van der Waals surface area contributed by atoms with E-state index in [0.717, 1.165) is 41.2 Å². The van der Waals surface area contributed by atoms with E-state index in [9.17, 15) is 15.8 Å². The van der Waals surface area contributed by atoms with Gasteiger partial charge < -0.3 is 5.73 Å². The molecule has 4 heteroatoms. The summed E-state index contributed by atoms with van der Waals surface area (Å²) >= 11 is 0. The summed E-state index contributed by atoms with van der Waals surface area (Å²) in [5.74, 6) is -0.465. The first kappa shape index (κ1) is 16.9. The third kappa shape index (κ3) is 2.26. The number of rotatable bonds is 1. The zero-order valence-electron chi connectivity index (χ0n) is 14.8. The average Bonchev–Trinajstić information content (AvgIpc) is 2.73. The lowest BCUT2D eigenvalue weighted by molar-refractivity contribution is 0.319. The van der Waals surface area contributed by atoms with Crippen molar-refractivity contribution in [2.45, 2.75) is 25.2 Å². The molecular weight excluding hydrogens is 332 g/mol. The van der Waals surface area contributed by atoms with Crippen molar-refractivity contribution in [3.05, 3.63) is 70.9 Å². The lowest BCUT2D eigenvalue weighted by Crippen LogP contribution is -2.42. The van der Waals surface area contributed by atoms with Crippen molar-refractivity contribution in [3.63, 3.8) is 0 Å². The molecule has 4 nitrogen and oxygen atoms in total. The summed E-state index contributed by atoms with van der Waals surface area (Å²) in [7, 11) is 0. The highest BCUT2D eigenvalue weighted by atomic mass is 14.7. The van der Waals surface area contributed by atoms with Gasteiger partial charge in [-0.25, -0.2) is 0 Å². The lowest BCUT2D eigenvalue weighted by atomic mass is 9.56. The maximum atomic E-state index is 10.1. The lowest BCUT2D eigenvalue weighted by Gasteiger charge is -2.43. The molecule has 0 aliphatic heterocycles. The molecule has 2 aliphatic carbocycles. The minimum absolute atomic E-state index is 0.0641. The highest BCUT2D eigenvalue weighted by Gasteiger charge is 2.54. The van der Waals surface area contributed by atoms with Crippen LogP contribution in [0.2, 0.25) is 0 Å². The van der Waals surface area contributed by atoms with Gasteiger partial charge in [0.1, 0.15) is 6.07 Å². The van der Waals surface area contributed by atoms with E-state index in [2.05, 4.69) is 24.3 Å². The molecule has 2 aliphatic rings. The second-order valence-electron chi connectivity index (χ2n) is 7.18. The first-order chi connectivity index (χ1) is 13.2. The molecule has 0 spiro atoms. The molecule has 0 bridgehead atoms. The number of nitriles is 3. The van der Waals surface area contributed by atoms with Crippen LogP contribution in [0.5, 0.6) is 0 Å². The van der Waals surface area contributed by atoms with Crippen LogP contribution >= 0.6 is 0 Å². The molecule has 2 aromatic carbocycles. The van der Waals surface area contributed by atoms with Gasteiger partial charge in [-0.1, -0.05) is 48.5 Å². The molecule has 0 fully saturated rings. The molecule has 130 valence electrons. The normalized spacial score (nSPS) is 23.5. The highest BCUT2D eigenvalue weighted by molar-refractivity contribution is 5.87. The van der Waals surface area contributed by atoms with Gasteiger partial charge in [-0.3, -0.25) is 0 Å². The maximum absolute atomic E-state index is 10.1. The zero-order chi connectivity index (χ0) is 19.0. The largest absolute Gasteiger partial charge is 0.399 e. The SMILES string of the molecule is N#CC1=C(N)C(C#N)(C#N)[C@@H](c2cccc3ccccc23)[C@@H]2CCCC=C12. The first-order valence-electron chi connectivity index (χ1n) is 9.09. The summed E-state index contributed by atoms with van der Waals surface area (Å²) in [5.41, 5.74) is 7.06. The van der Waals surface area contributed by atoms with Crippen LogP contribution in [0.4, 0.5) is 0 Å². The summed E-state index contributed by atoms with van der Waals surface area (Å²) in [6.45, 7) is 0. The van der Waals surface area contributed by atoms with Crippen molar-refractivity contribution in [1.29, 1.82) is 15.8 Å². The van der Waals surface area contributed by atoms with Crippen LogP contribution in [-0.4, -0.2) is 0 Å². The van der Waals surface area contributed by atoms with Gasteiger partial charge in [0, 0.05) is 5.92 Å². The molecule has 2 atom stereocenters. The average molecular weight is 350 g/mol. The third-order valence-electron chi connectivity index (χ3n) is 5.96. The van der Waals surface area contributed by atoms with Crippen molar-refractivity contribution >= 4 is 10.8 Å².